The van der Waals surface area contributed by atoms with Crippen molar-refractivity contribution >= 4 is 8.56 Å². The SMILES string of the molecule is COC(C)(OC)O[Si](C)(CCCOCC1CO1)OCCCCOCC1CO1. The molecule has 2 aliphatic heterocycles. The highest BCUT2D eigenvalue weighted by molar-refractivity contribution is 6.66. The van der Waals surface area contributed by atoms with E-state index in [-0.39, 0.29) is 0 Å². The monoisotopic (exact) mass is 408 g/mol. The molecule has 0 bridgehead atoms. The van der Waals surface area contributed by atoms with Crippen LogP contribution in [-0.4, -0.2) is 87.2 Å². The molecule has 0 aliphatic carbocycles. The van der Waals surface area contributed by atoms with E-state index in [1.807, 2.05) is 6.55 Å². The standard InChI is InChI=1S/C18H36O8Si/c1-18(19-2,20-3)26-27(4,11-7-9-22-13-17-15-24-17)25-10-6-5-8-21-12-16-14-23-16/h16-17H,5-15H2,1-4H3. The average Bonchev–Trinajstić information content (AvgIpc) is 3.55. The average molecular weight is 409 g/mol. The maximum absolute atomic E-state index is 6.21. The Bertz CT molecular complexity index is 401. The highest BCUT2D eigenvalue weighted by atomic mass is 28.4. The van der Waals surface area contributed by atoms with Crippen LogP contribution in [0.3, 0.4) is 0 Å². The van der Waals surface area contributed by atoms with Gasteiger partial charge in [-0.1, -0.05) is 0 Å². The Morgan fingerprint density at radius 3 is 1.93 bits per heavy atom. The molecule has 9 heteroatoms. The van der Waals surface area contributed by atoms with Crippen molar-refractivity contribution in [1.29, 1.82) is 0 Å². The maximum Gasteiger partial charge on any atom is 0.339 e. The summed E-state index contributed by atoms with van der Waals surface area (Å²) < 4.78 is 44.6. The molecule has 27 heavy (non-hydrogen) atoms. The van der Waals surface area contributed by atoms with Crippen molar-refractivity contribution in [2.24, 2.45) is 0 Å². The van der Waals surface area contributed by atoms with Crippen LogP contribution in [0.1, 0.15) is 26.2 Å². The summed E-state index contributed by atoms with van der Waals surface area (Å²) in [6.45, 7) is 8.85. The summed E-state index contributed by atoms with van der Waals surface area (Å²) in [6, 6.07) is 0.802. The lowest BCUT2D eigenvalue weighted by atomic mass is 10.3. The first-order valence-electron chi connectivity index (χ1n) is 9.82. The van der Waals surface area contributed by atoms with Crippen molar-refractivity contribution in [2.45, 2.75) is 57.0 Å². The fraction of sp³-hybridized carbons (Fsp3) is 1.00. The molecule has 160 valence electrons. The first-order chi connectivity index (χ1) is 13.0. The van der Waals surface area contributed by atoms with Crippen LogP contribution < -0.4 is 0 Å². The largest absolute Gasteiger partial charge is 0.394 e. The Morgan fingerprint density at radius 1 is 0.889 bits per heavy atom. The number of unbranched alkanes of at least 4 members (excludes halogenated alkanes) is 1. The molecule has 0 aromatic heterocycles. The fourth-order valence-electron chi connectivity index (χ4n) is 2.56. The lowest BCUT2D eigenvalue weighted by Crippen LogP contribution is -2.49. The Labute approximate surface area is 163 Å². The molecule has 0 N–H and O–H groups in total. The number of rotatable bonds is 18. The van der Waals surface area contributed by atoms with E-state index in [2.05, 4.69) is 0 Å². The Morgan fingerprint density at radius 2 is 1.41 bits per heavy atom. The van der Waals surface area contributed by atoms with Crippen LogP contribution in [0, 0.1) is 0 Å². The third kappa shape index (κ3) is 10.3. The van der Waals surface area contributed by atoms with Gasteiger partial charge in [-0.05, 0) is 31.9 Å². The summed E-state index contributed by atoms with van der Waals surface area (Å²) in [5.41, 5.74) is 0. The van der Waals surface area contributed by atoms with Crippen LogP contribution in [0.15, 0.2) is 0 Å². The molecular formula is C18H36O8Si. The summed E-state index contributed by atoms with van der Waals surface area (Å²) in [4.78, 5) is 0. The molecule has 3 atom stereocenters. The van der Waals surface area contributed by atoms with Crippen molar-refractivity contribution in [1.82, 2.24) is 0 Å². The molecule has 2 fully saturated rings. The molecule has 0 amide bonds. The van der Waals surface area contributed by atoms with Gasteiger partial charge in [-0.25, -0.2) is 0 Å². The quantitative estimate of drug-likeness (QED) is 0.148. The second-order valence-electron chi connectivity index (χ2n) is 7.23. The van der Waals surface area contributed by atoms with Gasteiger partial charge in [-0.2, -0.15) is 0 Å². The molecule has 0 saturated carbocycles. The third-order valence-electron chi connectivity index (χ3n) is 4.57. The van der Waals surface area contributed by atoms with Crippen molar-refractivity contribution in [3.8, 4) is 0 Å². The molecule has 8 nitrogen and oxygen atoms in total. The normalized spacial score (nSPS) is 24.0. The van der Waals surface area contributed by atoms with Gasteiger partial charge < -0.3 is 37.3 Å². The van der Waals surface area contributed by atoms with Crippen LogP contribution in [-0.2, 0) is 37.3 Å². The van der Waals surface area contributed by atoms with E-state index in [1.54, 1.807) is 21.1 Å². The molecule has 2 heterocycles. The van der Waals surface area contributed by atoms with E-state index in [4.69, 9.17) is 37.3 Å². The highest BCUT2D eigenvalue weighted by Crippen LogP contribution is 2.25. The minimum Gasteiger partial charge on any atom is -0.394 e. The fourth-order valence-corrected chi connectivity index (χ4v) is 5.18. The van der Waals surface area contributed by atoms with Crippen molar-refractivity contribution < 1.29 is 37.3 Å². The van der Waals surface area contributed by atoms with Gasteiger partial charge in [0.25, 0.3) is 5.97 Å². The van der Waals surface area contributed by atoms with Crippen molar-refractivity contribution in [2.75, 3.05) is 60.5 Å². The summed E-state index contributed by atoms with van der Waals surface area (Å²) >= 11 is 0. The molecule has 0 radical (unpaired) electrons. The molecule has 2 aliphatic rings. The third-order valence-corrected chi connectivity index (χ3v) is 7.44. The molecule has 3 unspecified atom stereocenters. The highest BCUT2D eigenvalue weighted by Gasteiger charge is 2.40. The van der Waals surface area contributed by atoms with E-state index >= 15 is 0 Å². The summed E-state index contributed by atoms with van der Waals surface area (Å²) in [5, 5.41) is 0. The number of epoxide rings is 2. The lowest BCUT2D eigenvalue weighted by molar-refractivity contribution is -0.320. The minimum absolute atomic E-state index is 0.292. The van der Waals surface area contributed by atoms with Crippen LogP contribution in [0.25, 0.3) is 0 Å². The van der Waals surface area contributed by atoms with E-state index in [1.165, 1.54) is 0 Å². The summed E-state index contributed by atoms with van der Waals surface area (Å²) in [7, 11) is 0.648. The number of methoxy groups -OCH3 is 2. The van der Waals surface area contributed by atoms with Gasteiger partial charge in [-0.15, -0.1) is 0 Å². The zero-order valence-electron chi connectivity index (χ0n) is 17.2. The van der Waals surface area contributed by atoms with Crippen molar-refractivity contribution in [3.05, 3.63) is 0 Å². The van der Waals surface area contributed by atoms with E-state index in [0.717, 1.165) is 45.1 Å². The van der Waals surface area contributed by atoms with Gasteiger partial charge >= 0.3 is 8.56 Å². The second-order valence-corrected chi connectivity index (χ2v) is 10.5. The molecule has 2 saturated heterocycles. The van der Waals surface area contributed by atoms with E-state index in [0.29, 0.717) is 38.6 Å². The topological polar surface area (TPSA) is 80.4 Å². The predicted molar refractivity (Wildman–Crippen MR) is 101 cm³/mol. The summed E-state index contributed by atoms with van der Waals surface area (Å²) in [5.74, 6) is -1.10. The van der Waals surface area contributed by atoms with Gasteiger partial charge in [0.2, 0.25) is 0 Å². The second kappa shape index (κ2) is 11.8. The van der Waals surface area contributed by atoms with Crippen LogP contribution >= 0.6 is 0 Å². The molecule has 0 aromatic carbocycles. The lowest BCUT2D eigenvalue weighted by Gasteiger charge is -2.36. The van der Waals surface area contributed by atoms with E-state index < -0.39 is 14.5 Å². The van der Waals surface area contributed by atoms with Crippen LogP contribution in [0.2, 0.25) is 12.6 Å². The van der Waals surface area contributed by atoms with Gasteiger partial charge in [0.1, 0.15) is 12.2 Å². The first kappa shape index (κ1) is 23.2. The number of hydrogen-bond acceptors (Lipinski definition) is 8. The molecule has 2 rings (SSSR count). The van der Waals surface area contributed by atoms with Gasteiger partial charge in [0.05, 0.1) is 26.4 Å². The van der Waals surface area contributed by atoms with E-state index in [9.17, 15) is 0 Å². The zero-order chi connectivity index (χ0) is 19.6. The van der Waals surface area contributed by atoms with Crippen LogP contribution in [0.5, 0.6) is 0 Å². The van der Waals surface area contributed by atoms with Crippen LogP contribution in [0.4, 0.5) is 0 Å². The van der Waals surface area contributed by atoms with Gasteiger partial charge in [0.15, 0.2) is 0 Å². The minimum atomic E-state index is -2.49. The Hall–Kier alpha value is -0.103. The Kier molecular flexibility index (Phi) is 10.1. The number of ether oxygens (including phenoxy) is 6. The zero-order valence-corrected chi connectivity index (χ0v) is 18.2. The smallest absolute Gasteiger partial charge is 0.339 e. The Balaban J connectivity index is 1.65. The number of hydrogen-bond donors (Lipinski definition) is 0. The first-order valence-corrected chi connectivity index (χ1v) is 12.3. The van der Waals surface area contributed by atoms with Gasteiger partial charge in [0, 0.05) is 41.0 Å². The van der Waals surface area contributed by atoms with Crippen molar-refractivity contribution in [3.63, 3.8) is 0 Å². The van der Waals surface area contributed by atoms with Gasteiger partial charge in [-0.3, -0.25) is 0 Å². The molecular weight excluding hydrogens is 372 g/mol. The molecule has 0 aromatic rings. The predicted octanol–water partition coefficient (Wildman–Crippen LogP) is 2.06. The summed E-state index contributed by atoms with van der Waals surface area (Å²) in [6.07, 6.45) is 3.35. The maximum atomic E-state index is 6.21. The molecule has 0 spiro atoms.